The van der Waals surface area contributed by atoms with Gasteiger partial charge in [0.2, 0.25) is 0 Å². The number of likely N-dealkylation sites (tertiary alicyclic amines) is 1. The Morgan fingerprint density at radius 3 is 2.68 bits per heavy atom. The van der Waals surface area contributed by atoms with Gasteiger partial charge in [0.15, 0.2) is 11.5 Å². The monoisotopic (exact) mass is 369 g/mol. The van der Waals surface area contributed by atoms with Crippen molar-refractivity contribution >= 4 is 11.6 Å². The van der Waals surface area contributed by atoms with Crippen LogP contribution < -0.4 is 9.47 Å². The van der Waals surface area contributed by atoms with Crippen molar-refractivity contribution in [1.82, 2.24) is 4.90 Å². The molecule has 0 aromatic heterocycles. The molecule has 1 fully saturated rings. The zero-order valence-electron chi connectivity index (χ0n) is 15.8. The van der Waals surface area contributed by atoms with Crippen molar-refractivity contribution in [3.05, 3.63) is 22.7 Å². The molecule has 4 nitrogen and oxygen atoms in total. The topological polar surface area (TPSA) is 41.9 Å². The Morgan fingerprint density at radius 2 is 2.00 bits per heavy atom. The molecule has 5 heteroatoms. The summed E-state index contributed by atoms with van der Waals surface area (Å²) in [7, 11) is 0. The number of aliphatic hydroxyl groups excluding tert-OH is 1. The van der Waals surface area contributed by atoms with Crippen molar-refractivity contribution in [1.29, 1.82) is 0 Å². The lowest BCUT2D eigenvalue weighted by Gasteiger charge is -2.36. The first-order valence-corrected chi connectivity index (χ1v) is 9.95. The van der Waals surface area contributed by atoms with E-state index in [1.54, 1.807) is 0 Å². The summed E-state index contributed by atoms with van der Waals surface area (Å²) in [6.45, 7) is 10.4. The van der Waals surface area contributed by atoms with Gasteiger partial charge in [0.25, 0.3) is 0 Å². The third-order valence-electron chi connectivity index (χ3n) is 4.64. The van der Waals surface area contributed by atoms with E-state index in [0.717, 1.165) is 50.9 Å². The molecule has 0 bridgehead atoms. The van der Waals surface area contributed by atoms with Crippen molar-refractivity contribution in [2.75, 3.05) is 32.8 Å². The summed E-state index contributed by atoms with van der Waals surface area (Å²) in [4.78, 5) is 2.45. The van der Waals surface area contributed by atoms with E-state index >= 15 is 0 Å². The quantitative estimate of drug-likeness (QED) is 0.709. The number of ether oxygens (including phenoxy) is 2. The number of piperidine rings is 1. The maximum Gasteiger partial charge on any atom is 0.179 e. The number of aliphatic hydroxyl groups is 1. The van der Waals surface area contributed by atoms with Gasteiger partial charge in [0.05, 0.1) is 24.3 Å². The molecule has 1 saturated heterocycles. The Kier molecular flexibility index (Phi) is 8.34. The molecule has 0 saturated carbocycles. The summed E-state index contributed by atoms with van der Waals surface area (Å²) in [5.74, 6) is 1.56. The molecular weight excluding hydrogens is 338 g/mol. The number of rotatable bonds is 9. The Labute approximate surface area is 157 Å². The highest BCUT2D eigenvalue weighted by Crippen LogP contribution is 2.38. The second kappa shape index (κ2) is 10.2. The molecule has 142 valence electrons. The molecule has 1 aromatic rings. The Hall–Kier alpha value is -0.970. The van der Waals surface area contributed by atoms with Crippen molar-refractivity contribution < 1.29 is 14.6 Å². The number of benzene rings is 1. The predicted molar refractivity (Wildman–Crippen MR) is 103 cm³/mol. The lowest BCUT2D eigenvalue weighted by atomic mass is 9.88. The second-order valence-corrected chi connectivity index (χ2v) is 7.21. The zero-order valence-corrected chi connectivity index (χ0v) is 16.5. The highest BCUT2D eigenvalue weighted by molar-refractivity contribution is 6.32. The fraction of sp³-hybridized carbons (Fsp3) is 0.700. The van der Waals surface area contributed by atoms with Crippen molar-refractivity contribution in [3.8, 4) is 11.5 Å². The van der Waals surface area contributed by atoms with E-state index in [9.17, 15) is 5.11 Å². The third-order valence-corrected chi connectivity index (χ3v) is 4.92. The molecule has 1 heterocycles. The first kappa shape index (κ1) is 20.3. The summed E-state index contributed by atoms with van der Waals surface area (Å²) in [5, 5.41) is 11.0. The average molecular weight is 370 g/mol. The molecule has 0 aliphatic carbocycles. The molecule has 2 atom stereocenters. The van der Waals surface area contributed by atoms with Crippen LogP contribution in [0, 0.1) is 5.92 Å². The normalized spacial score (nSPS) is 21.3. The van der Waals surface area contributed by atoms with E-state index in [0.29, 0.717) is 29.7 Å². The second-order valence-electron chi connectivity index (χ2n) is 6.81. The summed E-state index contributed by atoms with van der Waals surface area (Å²) >= 11 is 6.46. The van der Waals surface area contributed by atoms with Crippen LogP contribution in [0.25, 0.3) is 0 Å². The van der Waals surface area contributed by atoms with Gasteiger partial charge in [0.1, 0.15) is 0 Å². The standard InChI is InChI=1S/C20H32ClNO3/c1-4-8-22-9-7-18(23)16(14-22)11-15-12-17(21)20(25-10-5-2)19(13-15)24-6-3/h12-13,16,18,23H,4-11,14H2,1-3H3. The maximum atomic E-state index is 10.4. The molecule has 2 unspecified atom stereocenters. The maximum absolute atomic E-state index is 10.4. The summed E-state index contributed by atoms with van der Waals surface area (Å²) in [5.41, 5.74) is 1.10. The Balaban J connectivity index is 2.15. The van der Waals surface area contributed by atoms with Crippen molar-refractivity contribution in [2.45, 2.75) is 52.6 Å². The van der Waals surface area contributed by atoms with E-state index in [1.165, 1.54) is 0 Å². The number of hydrogen-bond acceptors (Lipinski definition) is 4. The lowest BCUT2D eigenvalue weighted by molar-refractivity contribution is 0.0270. The largest absolute Gasteiger partial charge is 0.490 e. The summed E-state index contributed by atoms with van der Waals surface area (Å²) in [6.07, 6.45) is 3.46. The van der Waals surface area contributed by atoms with Crippen molar-refractivity contribution in [2.24, 2.45) is 5.92 Å². The SMILES string of the molecule is CCCOc1c(Cl)cc(CC2CN(CCC)CCC2O)cc1OCC. The molecule has 0 spiro atoms. The van der Waals surface area contributed by atoms with Gasteiger partial charge < -0.3 is 19.5 Å². The summed E-state index contributed by atoms with van der Waals surface area (Å²) < 4.78 is 11.5. The van der Waals surface area contributed by atoms with Crippen LogP contribution in [0.4, 0.5) is 0 Å². The molecule has 25 heavy (non-hydrogen) atoms. The van der Waals surface area contributed by atoms with Gasteiger partial charge in [0, 0.05) is 19.0 Å². The van der Waals surface area contributed by atoms with E-state index in [1.807, 2.05) is 19.1 Å². The number of nitrogens with zero attached hydrogens (tertiary/aromatic N) is 1. The van der Waals surface area contributed by atoms with Gasteiger partial charge in [-0.2, -0.15) is 0 Å². The van der Waals surface area contributed by atoms with Crippen LogP contribution in [-0.2, 0) is 6.42 Å². The predicted octanol–water partition coefficient (Wildman–Crippen LogP) is 4.16. The molecule has 0 radical (unpaired) electrons. The van der Waals surface area contributed by atoms with Gasteiger partial charge >= 0.3 is 0 Å². The Morgan fingerprint density at radius 1 is 1.20 bits per heavy atom. The average Bonchev–Trinajstić information content (AvgIpc) is 2.58. The van der Waals surface area contributed by atoms with E-state index in [2.05, 4.69) is 18.7 Å². The zero-order chi connectivity index (χ0) is 18.2. The molecule has 1 N–H and O–H groups in total. The molecular formula is C20H32ClNO3. The number of halogens is 1. The fourth-order valence-corrected chi connectivity index (χ4v) is 3.75. The Bertz CT molecular complexity index is 538. The van der Waals surface area contributed by atoms with Gasteiger partial charge in [-0.05, 0) is 56.8 Å². The minimum atomic E-state index is -0.251. The molecule has 2 rings (SSSR count). The minimum absolute atomic E-state index is 0.230. The first-order chi connectivity index (χ1) is 12.1. The van der Waals surface area contributed by atoms with Crippen LogP contribution in [0.5, 0.6) is 11.5 Å². The van der Waals surface area contributed by atoms with Crippen LogP contribution in [-0.4, -0.2) is 49.0 Å². The number of hydrogen-bond donors (Lipinski definition) is 1. The van der Waals surface area contributed by atoms with Crippen LogP contribution in [0.15, 0.2) is 12.1 Å². The lowest BCUT2D eigenvalue weighted by Crippen LogP contribution is -2.44. The highest BCUT2D eigenvalue weighted by Gasteiger charge is 2.28. The van der Waals surface area contributed by atoms with Gasteiger partial charge in [-0.3, -0.25) is 0 Å². The van der Waals surface area contributed by atoms with Gasteiger partial charge in [-0.1, -0.05) is 25.4 Å². The van der Waals surface area contributed by atoms with Crippen LogP contribution in [0.1, 0.15) is 45.6 Å². The summed E-state index contributed by atoms with van der Waals surface area (Å²) in [6, 6.07) is 3.98. The van der Waals surface area contributed by atoms with E-state index in [-0.39, 0.29) is 12.0 Å². The molecule has 1 aliphatic rings. The highest BCUT2D eigenvalue weighted by atomic mass is 35.5. The van der Waals surface area contributed by atoms with Crippen LogP contribution in [0.2, 0.25) is 5.02 Å². The van der Waals surface area contributed by atoms with Gasteiger partial charge in [-0.25, -0.2) is 0 Å². The van der Waals surface area contributed by atoms with E-state index in [4.69, 9.17) is 21.1 Å². The minimum Gasteiger partial charge on any atom is -0.490 e. The van der Waals surface area contributed by atoms with E-state index < -0.39 is 0 Å². The van der Waals surface area contributed by atoms with Crippen molar-refractivity contribution in [3.63, 3.8) is 0 Å². The molecule has 0 amide bonds. The smallest absolute Gasteiger partial charge is 0.179 e. The third kappa shape index (κ3) is 5.77. The van der Waals surface area contributed by atoms with Crippen LogP contribution >= 0.6 is 11.6 Å². The molecule has 1 aliphatic heterocycles. The fourth-order valence-electron chi connectivity index (χ4n) is 3.46. The van der Waals surface area contributed by atoms with Crippen LogP contribution in [0.3, 0.4) is 0 Å². The molecule has 1 aromatic carbocycles. The van der Waals surface area contributed by atoms with Gasteiger partial charge in [-0.15, -0.1) is 0 Å². The first-order valence-electron chi connectivity index (χ1n) is 9.57.